The van der Waals surface area contributed by atoms with Gasteiger partial charge in [0.15, 0.2) is 0 Å². The molecule has 5 rings (SSSR count). The molecule has 1 aliphatic carbocycles. The molecular formula is C32H33Cl2FN4O6. The summed E-state index contributed by atoms with van der Waals surface area (Å²) in [6.45, 7) is 3.43. The molecule has 2 aromatic carbocycles. The summed E-state index contributed by atoms with van der Waals surface area (Å²) in [7, 11) is 1.18. The number of allylic oxidation sites excluding steroid dienone is 4. The number of amides is 1. The van der Waals surface area contributed by atoms with Crippen molar-refractivity contribution in [1.29, 1.82) is 0 Å². The van der Waals surface area contributed by atoms with Crippen LogP contribution in [0, 0.1) is 22.0 Å². The van der Waals surface area contributed by atoms with E-state index in [0.717, 1.165) is 25.3 Å². The summed E-state index contributed by atoms with van der Waals surface area (Å²) in [5.41, 5.74) is -0.726. The van der Waals surface area contributed by atoms with E-state index in [2.05, 4.69) is 17.2 Å². The van der Waals surface area contributed by atoms with Crippen LogP contribution >= 0.6 is 23.2 Å². The number of ether oxygens (including phenoxy) is 1. The minimum absolute atomic E-state index is 0.00432. The van der Waals surface area contributed by atoms with Crippen LogP contribution in [-0.4, -0.2) is 59.2 Å². The Morgan fingerprint density at radius 3 is 2.73 bits per heavy atom. The Morgan fingerprint density at radius 1 is 1.33 bits per heavy atom. The lowest BCUT2D eigenvalue weighted by Crippen LogP contribution is -2.53. The quantitative estimate of drug-likeness (QED) is 0.116. The molecule has 13 heteroatoms. The Hall–Kier alpha value is -3.61. The van der Waals surface area contributed by atoms with Gasteiger partial charge in [0.05, 0.1) is 36.2 Å². The van der Waals surface area contributed by atoms with Gasteiger partial charge in [0.2, 0.25) is 5.91 Å². The molecule has 2 fully saturated rings. The van der Waals surface area contributed by atoms with Gasteiger partial charge in [0.1, 0.15) is 11.4 Å². The van der Waals surface area contributed by atoms with Crippen LogP contribution in [0.1, 0.15) is 40.7 Å². The van der Waals surface area contributed by atoms with Crippen molar-refractivity contribution >= 4 is 46.5 Å². The molecule has 0 radical (unpaired) electrons. The number of nitro groups is 1. The Balaban J connectivity index is 1.63. The molecule has 1 saturated carbocycles. The number of anilines is 1. The second-order valence-electron chi connectivity index (χ2n) is 11.4. The normalized spacial score (nSPS) is 24.7. The summed E-state index contributed by atoms with van der Waals surface area (Å²) in [5, 5.41) is 29.5. The number of rotatable bonds is 12. The van der Waals surface area contributed by atoms with E-state index in [9.17, 15) is 24.8 Å². The molecular weight excluding hydrogens is 626 g/mol. The van der Waals surface area contributed by atoms with Crippen molar-refractivity contribution in [3.05, 3.63) is 104 Å². The van der Waals surface area contributed by atoms with E-state index in [1.165, 1.54) is 37.5 Å². The second kappa shape index (κ2) is 13.4. The largest absolute Gasteiger partial charge is 0.465 e. The number of nitrogens with zero attached hydrogens (tertiary/aromatic N) is 2. The highest BCUT2D eigenvalue weighted by atomic mass is 35.5. The molecule has 1 saturated heterocycles. The Morgan fingerprint density at radius 2 is 2.09 bits per heavy atom. The van der Waals surface area contributed by atoms with Gasteiger partial charge in [-0.15, -0.1) is 0 Å². The molecule has 3 N–H and O–H groups in total. The van der Waals surface area contributed by atoms with E-state index >= 15 is 4.39 Å². The van der Waals surface area contributed by atoms with Gasteiger partial charge in [0, 0.05) is 52.1 Å². The van der Waals surface area contributed by atoms with Crippen molar-refractivity contribution in [1.82, 2.24) is 10.2 Å². The zero-order chi connectivity index (χ0) is 32.5. The summed E-state index contributed by atoms with van der Waals surface area (Å²) in [6, 6.07) is 7.24. The molecule has 45 heavy (non-hydrogen) atoms. The van der Waals surface area contributed by atoms with Crippen LogP contribution in [0.2, 0.25) is 5.02 Å². The lowest BCUT2D eigenvalue weighted by Gasteiger charge is -2.38. The SMILES string of the molecule is C=C(Cl)/C=C\C=C(/F)[C@H]1[C@H](NCc2ccc(C(=O)OC)cc2[N+](=O)[O-])[C@H](CO)N(CCC2CC2)[C@@]12C(=O)Nc1cc(Cl)ccc12. The van der Waals surface area contributed by atoms with Gasteiger partial charge in [-0.2, -0.15) is 0 Å². The highest BCUT2D eigenvalue weighted by Crippen LogP contribution is 2.56. The van der Waals surface area contributed by atoms with Crippen molar-refractivity contribution in [3.63, 3.8) is 0 Å². The van der Waals surface area contributed by atoms with Gasteiger partial charge in [0.25, 0.3) is 5.69 Å². The number of carbonyl (C=O) groups excluding carboxylic acids is 2. The maximum atomic E-state index is 16.7. The first-order valence-electron chi connectivity index (χ1n) is 14.5. The van der Waals surface area contributed by atoms with E-state index in [-0.39, 0.29) is 28.4 Å². The van der Waals surface area contributed by atoms with Crippen molar-refractivity contribution in [2.45, 2.75) is 43.4 Å². The molecule has 2 aromatic rings. The average molecular weight is 660 g/mol. The van der Waals surface area contributed by atoms with Crippen LogP contribution in [0.25, 0.3) is 0 Å². The number of aliphatic hydroxyl groups is 1. The number of hydrogen-bond acceptors (Lipinski definition) is 8. The fraction of sp³-hybridized carbons (Fsp3) is 0.375. The molecule has 0 bridgehead atoms. The van der Waals surface area contributed by atoms with Crippen molar-refractivity contribution < 1.29 is 28.7 Å². The summed E-state index contributed by atoms with van der Waals surface area (Å²) in [5.74, 6) is -2.57. The fourth-order valence-corrected chi connectivity index (χ4v) is 6.86. The third-order valence-corrected chi connectivity index (χ3v) is 9.15. The number of nitro benzene ring substituents is 1. The van der Waals surface area contributed by atoms with Gasteiger partial charge < -0.3 is 20.5 Å². The van der Waals surface area contributed by atoms with Gasteiger partial charge in [-0.1, -0.05) is 60.8 Å². The first kappa shape index (κ1) is 32.8. The Labute approximate surface area is 269 Å². The third kappa shape index (κ3) is 6.28. The molecule has 10 nitrogen and oxygen atoms in total. The number of hydrogen-bond donors (Lipinski definition) is 3. The van der Waals surface area contributed by atoms with Gasteiger partial charge in [-0.05, 0) is 42.7 Å². The van der Waals surface area contributed by atoms with Crippen LogP contribution in [-0.2, 0) is 21.6 Å². The Kier molecular flexibility index (Phi) is 9.76. The van der Waals surface area contributed by atoms with Crippen LogP contribution in [0.15, 0.2) is 72.1 Å². The lowest BCUT2D eigenvalue weighted by molar-refractivity contribution is -0.385. The molecule has 0 unspecified atom stereocenters. The zero-order valence-electron chi connectivity index (χ0n) is 24.5. The van der Waals surface area contributed by atoms with E-state index in [1.54, 1.807) is 18.2 Å². The number of benzene rings is 2. The van der Waals surface area contributed by atoms with Gasteiger partial charge in [-0.3, -0.25) is 19.8 Å². The average Bonchev–Trinajstić information content (AvgIpc) is 3.73. The molecule has 2 aliphatic heterocycles. The standard InChI is InChI=1S/C32H33Cl2FN4O6/c1-18(33)4-3-5-24(35)28-29(36-16-21-9-8-20(30(41)45-2)14-26(21)39(43)44)27(17-40)38(13-12-19-6-7-19)32(28)23-11-10-22(34)15-25(23)37-31(32)42/h3-5,8-11,14-15,19,27-29,36,40H,1,6-7,12-13,16-17H2,2H3,(H,37,42)/b4-3-,24-5-/t27-,28-,29+,32+/m0/s1. The van der Waals surface area contributed by atoms with Crippen molar-refractivity contribution in [2.75, 3.05) is 25.6 Å². The molecule has 1 amide bonds. The minimum atomic E-state index is -1.58. The van der Waals surface area contributed by atoms with Crippen molar-refractivity contribution in [2.24, 2.45) is 11.8 Å². The molecule has 238 valence electrons. The molecule has 1 spiro atoms. The topological polar surface area (TPSA) is 134 Å². The van der Waals surface area contributed by atoms with Crippen LogP contribution in [0.5, 0.6) is 0 Å². The van der Waals surface area contributed by atoms with E-state index in [0.29, 0.717) is 28.7 Å². The Bertz CT molecular complexity index is 1600. The van der Waals surface area contributed by atoms with Crippen molar-refractivity contribution in [3.8, 4) is 0 Å². The van der Waals surface area contributed by atoms with Crippen LogP contribution in [0.4, 0.5) is 15.8 Å². The number of esters is 1. The number of carbonyl (C=O) groups is 2. The number of halogens is 3. The molecule has 4 atom stereocenters. The number of likely N-dealkylation sites (tertiary alicyclic amines) is 1. The fourth-order valence-electron chi connectivity index (χ4n) is 6.61. The van der Waals surface area contributed by atoms with E-state index in [1.807, 2.05) is 4.90 Å². The number of fused-ring (bicyclic) bond motifs is 2. The first-order valence-corrected chi connectivity index (χ1v) is 15.2. The van der Waals surface area contributed by atoms with Crippen LogP contribution < -0.4 is 10.6 Å². The summed E-state index contributed by atoms with van der Waals surface area (Å²) >= 11 is 12.1. The maximum Gasteiger partial charge on any atom is 0.338 e. The summed E-state index contributed by atoms with van der Waals surface area (Å²) < 4.78 is 21.4. The van der Waals surface area contributed by atoms with Crippen LogP contribution in [0.3, 0.4) is 0 Å². The molecule has 3 aliphatic rings. The predicted molar refractivity (Wildman–Crippen MR) is 169 cm³/mol. The number of aliphatic hydroxyl groups excluding tert-OH is 1. The number of nitrogens with one attached hydrogen (secondary N) is 2. The van der Waals surface area contributed by atoms with E-state index in [4.69, 9.17) is 27.9 Å². The monoisotopic (exact) mass is 658 g/mol. The zero-order valence-corrected chi connectivity index (χ0v) is 26.0. The van der Waals surface area contributed by atoms with Gasteiger partial charge in [-0.25, -0.2) is 9.18 Å². The summed E-state index contributed by atoms with van der Waals surface area (Å²) in [4.78, 5) is 39.5. The maximum absolute atomic E-state index is 16.7. The number of methoxy groups -OCH3 is 1. The highest BCUT2D eigenvalue weighted by Gasteiger charge is 2.67. The highest BCUT2D eigenvalue weighted by molar-refractivity contribution is 6.31. The van der Waals surface area contributed by atoms with E-state index < -0.39 is 52.8 Å². The molecule has 0 aromatic heterocycles. The second-order valence-corrected chi connectivity index (χ2v) is 12.3. The van der Waals surface area contributed by atoms with Gasteiger partial charge >= 0.3 is 5.97 Å². The predicted octanol–water partition coefficient (Wildman–Crippen LogP) is 5.60. The molecule has 2 heterocycles. The summed E-state index contributed by atoms with van der Waals surface area (Å²) in [6.07, 6.45) is 6.87. The first-order chi connectivity index (χ1) is 21.5. The lowest BCUT2D eigenvalue weighted by atomic mass is 9.76. The smallest absolute Gasteiger partial charge is 0.338 e. The third-order valence-electron chi connectivity index (χ3n) is 8.79. The minimum Gasteiger partial charge on any atom is -0.465 e.